The molecule has 2 bridgehead atoms. The lowest BCUT2D eigenvalue weighted by Gasteiger charge is -2.37. The number of hydrogen-bond donors (Lipinski definition) is 1. The number of halogens is 2. The first-order chi connectivity index (χ1) is 20.4. The van der Waals surface area contributed by atoms with Gasteiger partial charge in [-0.2, -0.15) is 4.98 Å². The molecule has 2 saturated heterocycles. The molecular formula is C30H28Cl2N4O6. The van der Waals surface area contributed by atoms with Crippen LogP contribution in [0.5, 0.6) is 5.75 Å². The highest BCUT2D eigenvalue weighted by Gasteiger charge is 2.44. The smallest absolute Gasteiger partial charge is 0.339 e. The Morgan fingerprint density at radius 1 is 1.05 bits per heavy atom. The number of ether oxygens (including phenoxy) is 2. The largest absolute Gasteiger partial charge is 0.496 e. The zero-order valence-corrected chi connectivity index (χ0v) is 24.3. The Bertz CT molecular complexity index is 1620. The lowest BCUT2D eigenvalue weighted by atomic mass is 9.99. The molecule has 0 amide bonds. The number of fused-ring (bicyclic) bond motifs is 2. The van der Waals surface area contributed by atoms with E-state index in [4.69, 9.17) is 41.7 Å². The summed E-state index contributed by atoms with van der Waals surface area (Å²) in [7, 11) is 1.43. The number of piperidine rings is 1. The first-order valence-corrected chi connectivity index (χ1v) is 14.7. The molecule has 0 spiro atoms. The van der Waals surface area contributed by atoms with Gasteiger partial charge in [-0.15, -0.1) is 0 Å². The third-order valence-corrected chi connectivity index (χ3v) is 9.07. The maximum Gasteiger partial charge on any atom is 0.339 e. The van der Waals surface area contributed by atoms with Gasteiger partial charge in [0, 0.05) is 34.7 Å². The van der Waals surface area contributed by atoms with Gasteiger partial charge in [-0.25, -0.2) is 4.79 Å². The summed E-state index contributed by atoms with van der Waals surface area (Å²) in [5, 5.41) is 19.1. The number of aromatic nitrogens is 3. The average Bonchev–Trinajstić information content (AvgIpc) is 3.45. The van der Waals surface area contributed by atoms with Crippen LogP contribution in [0.4, 0.5) is 5.95 Å². The first-order valence-electron chi connectivity index (χ1n) is 14.0. The Kier molecular flexibility index (Phi) is 7.08. The second-order valence-electron chi connectivity index (χ2n) is 11.1. The number of rotatable bonds is 9. The van der Waals surface area contributed by atoms with Crippen LogP contribution in [0.2, 0.25) is 10.0 Å². The van der Waals surface area contributed by atoms with E-state index in [2.05, 4.69) is 20.2 Å². The van der Waals surface area contributed by atoms with E-state index in [1.165, 1.54) is 13.2 Å². The molecule has 1 unspecified atom stereocenters. The van der Waals surface area contributed by atoms with Crippen LogP contribution in [0.3, 0.4) is 0 Å². The fourth-order valence-electron chi connectivity index (χ4n) is 6.28. The Balaban J connectivity index is 1.07. The van der Waals surface area contributed by atoms with E-state index in [1.807, 2.05) is 6.07 Å². The molecule has 2 aromatic carbocycles. The van der Waals surface area contributed by atoms with Crippen molar-refractivity contribution in [1.82, 2.24) is 15.3 Å². The van der Waals surface area contributed by atoms with Crippen LogP contribution in [-0.4, -0.2) is 51.7 Å². The highest BCUT2D eigenvalue weighted by Crippen LogP contribution is 2.47. The van der Waals surface area contributed by atoms with E-state index in [1.54, 1.807) is 24.3 Å². The van der Waals surface area contributed by atoms with Gasteiger partial charge in [-0.3, -0.25) is 0 Å². The molecule has 3 atom stereocenters. The lowest BCUT2D eigenvalue weighted by molar-refractivity contribution is 0.0144. The number of hydrogen-bond acceptors (Lipinski definition) is 9. The van der Waals surface area contributed by atoms with Crippen LogP contribution < -0.4 is 9.64 Å². The highest BCUT2D eigenvalue weighted by molar-refractivity contribution is 6.39. The molecule has 1 saturated carbocycles. The van der Waals surface area contributed by atoms with Crippen molar-refractivity contribution in [3.05, 3.63) is 63.3 Å². The number of carboxylic acid groups (broad SMARTS) is 1. The Hall–Kier alpha value is -3.60. The Morgan fingerprint density at radius 2 is 1.79 bits per heavy atom. The van der Waals surface area contributed by atoms with Gasteiger partial charge in [0.05, 0.1) is 29.9 Å². The number of aromatic carboxylic acids is 1. The molecule has 3 fully saturated rings. The van der Waals surface area contributed by atoms with Crippen molar-refractivity contribution in [2.24, 2.45) is 0 Å². The molecule has 10 nitrogen and oxygen atoms in total. The number of nitrogens with zero attached hydrogens (tertiary/aromatic N) is 4. The number of benzene rings is 2. The summed E-state index contributed by atoms with van der Waals surface area (Å²) in [6.07, 6.45) is 5.87. The van der Waals surface area contributed by atoms with Crippen LogP contribution in [0, 0.1) is 0 Å². The van der Waals surface area contributed by atoms with E-state index in [0.717, 1.165) is 49.8 Å². The summed E-state index contributed by atoms with van der Waals surface area (Å²) in [6, 6.07) is 10.6. The topological polar surface area (TPSA) is 124 Å². The van der Waals surface area contributed by atoms with Crippen molar-refractivity contribution < 1.29 is 28.4 Å². The molecule has 1 N–H and O–H groups in total. The number of methoxy groups -OCH3 is 1. The fraction of sp³-hybridized carbons (Fsp3) is 0.400. The highest BCUT2D eigenvalue weighted by atomic mass is 35.5. The number of anilines is 1. The van der Waals surface area contributed by atoms with E-state index in [-0.39, 0.29) is 29.5 Å². The number of carbonyl (C=O) groups is 1. The molecule has 4 aromatic rings. The van der Waals surface area contributed by atoms with Crippen LogP contribution in [0.25, 0.3) is 22.7 Å². The monoisotopic (exact) mass is 610 g/mol. The molecule has 12 heteroatoms. The molecule has 4 heterocycles. The van der Waals surface area contributed by atoms with Crippen LogP contribution in [-0.2, 0) is 11.3 Å². The Morgan fingerprint density at radius 3 is 2.45 bits per heavy atom. The molecule has 218 valence electrons. The van der Waals surface area contributed by atoms with Gasteiger partial charge in [0.25, 0.3) is 11.8 Å². The standard InChI is InChI=1S/C30H28Cl2N4O6/c1-39-24-11-16(7-10-20(24)29(37)38)28-33-30(35-42-28)36-17-8-9-18(36)13-19(12-17)40-14-21-26(34-41-27(21)15-5-6-15)25-22(31)3-2-4-23(25)32/h2-4,7,10-11,15,17-19H,5-6,8-9,12-14H2,1H3,(H,37,38)/t17-,18+,19?. The SMILES string of the molecule is COc1cc(-c2nc(N3[C@@H]4CC[C@H]3CC(OCc3c(-c5c(Cl)cccc5Cl)noc3C3CC3)C4)no2)ccc1C(=O)O. The van der Waals surface area contributed by atoms with Crippen LogP contribution in [0.1, 0.15) is 66.1 Å². The third kappa shape index (κ3) is 4.91. The van der Waals surface area contributed by atoms with Crippen molar-refractivity contribution in [3.63, 3.8) is 0 Å². The van der Waals surface area contributed by atoms with Crippen molar-refractivity contribution in [1.29, 1.82) is 0 Å². The zero-order chi connectivity index (χ0) is 29.0. The second kappa shape index (κ2) is 10.9. The predicted molar refractivity (Wildman–Crippen MR) is 154 cm³/mol. The quantitative estimate of drug-likeness (QED) is 0.212. The van der Waals surface area contributed by atoms with Crippen molar-refractivity contribution >= 4 is 35.1 Å². The molecule has 2 aliphatic heterocycles. The summed E-state index contributed by atoms with van der Waals surface area (Å²) >= 11 is 13.0. The van der Waals surface area contributed by atoms with Gasteiger partial charge >= 0.3 is 5.97 Å². The number of carboxylic acids is 1. The molecule has 2 aromatic heterocycles. The van der Waals surface area contributed by atoms with Crippen molar-refractivity contribution in [3.8, 4) is 28.5 Å². The Labute approximate surface area is 251 Å². The van der Waals surface area contributed by atoms with Gasteiger partial charge in [0.15, 0.2) is 0 Å². The van der Waals surface area contributed by atoms with E-state index in [9.17, 15) is 9.90 Å². The predicted octanol–water partition coefficient (Wildman–Crippen LogP) is 7.00. The maximum absolute atomic E-state index is 11.4. The normalized spacial score (nSPS) is 21.6. The summed E-state index contributed by atoms with van der Waals surface area (Å²) < 4.78 is 23.2. The summed E-state index contributed by atoms with van der Waals surface area (Å²) in [6.45, 7) is 0.372. The van der Waals surface area contributed by atoms with Crippen LogP contribution in [0.15, 0.2) is 45.4 Å². The molecule has 1 aliphatic carbocycles. The molecule has 7 rings (SSSR count). The van der Waals surface area contributed by atoms with Crippen LogP contribution >= 0.6 is 23.2 Å². The second-order valence-corrected chi connectivity index (χ2v) is 11.9. The molecular weight excluding hydrogens is 583 g/mol. The first kappa shape index (κ1) is 27.2. The van der Waals surface area contributed by atoms with Crippen molar-refractivity contribution in [2.45, 2.75) is 69.2 Å². The van der Waals surface area contributed by atoms with Gasteiger partial charge in [0.1, 0.15) is 22.8 Å². The van der Waals surface area contributed by atoms with Gasteiger partial charge < -0.3 is 28.5 Å². The minimum absolute atomic E-state index is 0.0504. The van der Waals surface area contributed by atoms with E-state index < -0.39 is 5.97 Å². The summed E-state index contributed by atoms with van der Waals surface area (Å²) in [5.74, 6) is 1.23. The maximum atomic E-state index is 11.4. The summed E-state index contributed by atoms with van der Waals surface area (Å²) in [5.41, 5.74) is 2.91. The molecule has 0 radical (unpaired) electrons. The third-order valence-electron chi connectivity index (χ3n) is 8.44. The fourth-order valence-corrected chi connectivity index (χ4v) is 6.85. The zero-order valence-electron chi connectivity index (χ0n) is 22.8. The van der Waals surface area contributed by atoms with E-state index >= 15 is 0 Å². The summed E-state index contributed by atoms with van der Waals surface area (Å²) in [4.78, 5) is 18.3. The van der Waals surface area contributed by atoms with Crippen molar-refractivity contribution in [2.75, 3.05) is 12.0 Å². The van der Waals surface area contributed by atoms with Gasteiger partial charge in [0.2, 0.25) is 0 Å². The van der Waals surface area contributed by atoms with Gasteiger partial charge in [-0.05, 0) is 74.0 Å². The lowest BCUT2D eigenvalue weighted by Crippen LogP contribution is -2.46. The molecule has 3 aliphatic rings. The van der Waals surface area contributed by atoms with E-state index in [0.29, 0.717) is 51.2 Å². The average molecular weight is 611 g/mol. The minimum Gasteiger partial charge on any atom is -0.496 e. The molecule has 42 heavy (non-hydrogen) atoms. The minimum atomic E-state index is -1.07. The van der Waals surface area contributed by atoms with Gasteiger partial charge in [-0.1, -0.05) is 34.4 Å².